The Kier molecular flexibility index (Phi) is 3.41. The summed E-state index contributed by atoms with van der Waals surface area (Å²) in [7, 11) is -3.54. The van der Waals surface area contributed by atoms with Crippen molar-refractivity contribution >= 4 is 15.7 Å². The number of carbonyl (C=O) groups is 1. The van der Waals surface area contributed by atoms with Crippen LogP contribution in [0.15, 0.2) is 24.3 Å². The lowest BCUT2D eigenvalue weighted by molar-refractivity contribution is -0.115. The molecule has 0 bridgehead atoms. The second-order valence-corrected chi connectivity index (χ2v) is 5.19. The summed E-state index contributed by atoms with van der Waals surface area (Å²) in [6.07, 6.45) is 0. The van der Waals surface area contributed by atoms with Gasteiger partial charge in [0.15, 0.2) is 9.84 Å². The number of benzene rings is 1. The van der Waals surface area contributed by atoms with E-state index in [4.69, 9.17) is 5.73 Å². The van der Waals surface area contributed by atoms with Gasteiger partial charge in [0.25, 0.3) is 0 Å². The van der Waals surface area contributed by atoms with E-state index in [-0.39, 0.29) is 5.75 Å². The van der Waals surface area contributed by atoms with Gasteiger partial charge >= 0.3 is 0 Å². The van der Waals surface area contributed by atoms with E-state index in [9.17, 15) is 17.6 Å². The smallest absolute Gasteiger partial charge is 0.232 e. The molecule has 0 aliphatic heterocycles. The number of hydrogen-bond donors (Lipinski definition) is 1. The summed E-state index contributed by atoms with van der Waals surface area (Å²) in [5, 5.41) is 0. The Bertz CT molecular complexity index is 453. The topological polar surface area (TPSA) is 77.2 Å². The normalized spacial score (nSPS) is 11.3. The third kappa shape index (κ3) is 4.07. The molecule has 1 aromatic carbocycles. The molecular weight excluding hydrogens is 221 g/mol. The molecule has 6 heteroatoms. The van der Waals surface area contributed by atoms with Gasteiger partial charge in [-0.25, -0.2) is 12.8 Å². The fourth-order valence-electron chi connectivity index (χ4n) is 1.10. The van der Waals surface area contributed by atoms with E-state index < -0.39 is 27.3 Å². The van der Waals surface area contributed by atoms with E-state index in [1.165, 1.54) is 12.1 Å². The average Bonchev–Trinajstić information content (AvgIpc) is 2.06. The van der Waals surface area contributed by atoms with Crippen molar-refractivity contribution in [3.05, 3.63) is 35.6 Å². The fraction of sp³-hybridized carbons (Fsp3) is 0.222. The first-order valence-electron chi connectivity index (χ1n) is 4.12. The van der Waals surface area contributed by atoms with Gasteiger partial charge in [0, 0.05) is 0 Å². The highest BCUT2D eigenvalue weighted by Gasteiger charge is 2.15. The summed E-state index contributed by atoms with van der Waals surface area (Å²) in [5.74, 6) is -2.33. The first-order valence-corrected chi connectivity index (χ1v) is 5.94. The predicted molar refractivity (Wildman–Crippen MR) is 53.1 cm³/mol. The third-order valence-electron chi connectivity index (χ3n) is 1.66. The van der Waals surface area contributed by atoms with Gasteiger partial charge in [-0.15, -0.1) is 0 Å². The van der Waals surface area contributed by atoms with Gasteiger partial charge < -0.3 is 5.73 Å². The SMILES string of the molecule is NC(=O)CS(=O)(=O)Cc1ccc(F)cc1. The van der Waals surface area contributed by atoms with Crippen molar-refractivity contribution < 1.29 is 17.6 Å². The minimum Gasteiger partial charge on any atom is -0.369 e. The maximum Gasteiger partial charge on any atom is 0.232 e. The quantitative estimate of drug-likeness (QED) is 0.805. The molecule has 4 nitrogen and oxygen atoms in total. The molecule has 0 aliphatic rings. The second-order valence-electron chi connectivity index (χ2n) is 3.13. The van der Waals surface area contributed by atoms with Gasteiger partial charge in [0.1, 0.15) is 11.6 Å². The molecule has 0 saturated heterocycles. The highest BCUT2D eigenvalue weighted by Crippen LogP contribution is 2.07. The van der Waals surface area contributed by atoms with E-state index >= 15 is 0 Å². The molecule has 1 aromatic rings. The van der Waals surface area contributed by atoms with E-state index in [1.807, 2.05) is 0 Å². The lowest BCUT2D eigenvalue weighted by Gasteiger charge is -2.01. The standard InChI is InChI=1S/C9H10FNO3S/c10-8-3-1-7(2-4-8)5-15(13,14)6-9(11)12/h1-4H,5-6H2,(H2,11,12). The van der Waals surface area contributed by atoms with Gasteiger partial charge in [-0.1, -0.05) is 12.1 Å². The maximum absolute atomic E-state index is 12.5. The number of rotatable bonds is 4. The van der Waals surface area contributed by atoms with Gasteiger partial charge in [-0.05, 0) is 17.7 Å². The van der Waals surface area contributed by atoms with Crippen LogP contribution in [0.2, 0.25) is 0 Å². The predicted octanol–water partition coefficient (Wildman–Crippen LogP) is 0.226. The molecular formula is C9H10FNO3S. The molecule has 82 valence electrons. The number of carbonyl (C=O) groups excluding carboxylic acids is 1. The third-order valence-corrected chi connectivity index (χ3v) is 3.16. The summed E-state index contributed by atoms with van der Waals surface area (Å²) in [6, 6.07) is 5.03. The molecule has 0 fully saturated rings. The van der Waals surface area contributed by atoms with Crippen LogP contribution in [0.25, 0.3) is 0 Å². The highest BCUT2D eigenvalue weighted by molar-refractivity contribution is 7.91. The molecule has 0 radical (unpaired) electrons. The van der Waals surface area contributed by atoms with Gasteiger partial charge in [0.05, 0.1) is 5.75 Å². The Morgan fingerprint density at radius 2 is 1.80 bits per heavy atom. The zero-order valence-corrected chi connectivity index (χ0v) is 8.63. The highest BCUT2D eigenvalue weighted by atomic mass is 32.2. The average molecular weight is 231 g/mol. The van der Waals surface area contributed by atoms with Gasteiger partial charge in [-0.2, -0.15) is 0 Å². The Morgan fingerprint density at radius 1 is 1.27 bits per heavy atom. The van der Waals surface area contributed by atoms with Crippen LogP contribution in [-0.4, -0.2) is 20.1 Å². The van der Waals surface area contributed by atoms with Crippen molar-refractivity contribution in [2.75, 3.05) is 5.75 Å². The Morgan fingerprint density at radius 3 is 2.27 bits per heavy atom. The van der Waals surface area contributed by atoms with Crippen molar-refractivity contribution in [1.82, 2.24) is 0 Å². The molecule has 15 heavy (non-hydrogen) atoms. The van der Waals surface area contributed by atoms with Crippen LogP contribution in [-0.2, 0) is 20.4 Å². The van der Waals surface area contributed by atoms with Crippen LogP contribution in [0.3, 0.4) is 0 Å². The molecule has 1 rings (SSSR count). The van der Waals surface area contributed by atoms with Crippen LogP contribution in [0.4, 0.5) is 4.39 Å². The lowest BCUT2D eigenvalue weighted by atomic mass is 10.2. The number of nitrogens with two attached hydrogens (primary N) is 1. The molecule has 0 atom stereocenters. The van der Waals surface area contributed by atoms with Crippen LogP contribution < -0.4 is 5.73 Å². The first kappa shape index (κ1) is 11.6. The molecule has 0 aliphatic carbocycles. The molecule has 2 N–H and O–H groups in total. The summed E-state index contributed by atoms with van der Waals surface area (Å²) < 4.78 is 35.1. The minimum absolute atomic E-state index is 0.309. The van der Waals surface area contributed by atoms with E-state index in [0.717, 1.165) is 12.1 Å². The summed E-state index contributed by atoms with van der Waals surface area (Å²) in [4.78, 5) is 10.4. The van der Waals surface area contributed by atoms with E-state index in [1.54, 1.807) is 0 Å². The van der Waals surface area contributed by atoms with Crippen LogP contribution in [0.1, 0.15) is 5.56 Å². The zero-order valence-electron chi connectivity index (χ0n) is 7.81. The molecule has 1 amide bonds. The Balaban J connectivity index is 2.78. The Hall–Kier alpha value is -1.43. The monoisotopic (exact) mass is 231 g/mol. The zero-order chi connectivity index (χ0) is 11.5. The molecule has 0 heterocycles. The van der Waals surface area contributed by atoms with Crippen molar-refractivity contribution in [2.45, 2.75) is 5.75 Å². The lowest BCUT2D eigenvalue weighted by Crippen LogP contribution is -2.24. The summed E-state index contributed by atoms with van der Waals surface area (Å²) in [5.41, 5.74) is 5.21. The van der Waals surface area contributed by atoms with E-state index in [2.05, 4.69) is 0 Å². The number of hydrogen-bond acceptors (Lipinski definition) is 3. The largest absolute Gasteiger partial charge is 0.369 e. The number of halogens is 1. The summed E-state index contributed by atoms with van der Waals surface area (Å²) in [6.45, 7) is 0. The Labute approximate surface area is 86.8 Å². The minimum atomic E-state index is -3.54. The van der Waals surface area contributed by atoms with Crippen LogP contribution >= 0.6 is 0 Å². The molecule has 0 spiro atoms. The first-order chi connectivity index (χ1) is 6.89. The fourth-order valence-corrected chi connectivity index (χ4v) is 2.34. The maximum atomic E-state index is 12.5. The van der Waals surface area contributed by atoms with Crippen LogP contribution in [0.5, 0.6) is 0 Å². The molecule has 0 aromatic heterocycles. The van der Waals surface area contributed by atoms with Crippen molar-refractivity contribution in [1.29, 1.82) is 0 Å². The second kappa shape index (κ2) is 4.39. The van der Waals surface area contributed by atoms with Crippen molar-refractivity contribution in [3.8, 4) is 0 Å². The van der Waals surface area contributed by atoms with Crippen LogP contribution in [0, 0.1) is 5.82 Å². The van der Waals surface area contributed by atoms with Crippen molar-refractivity contribution in [3.63, 3.8) is 0 Å². The number of primary amides is 1. The molecule has 0 saturated carbocycles. The van der Waals surface area contributed by atoms with Crippen molar-refractivity contribution in [2.24, 2.45) is 5.73 Å². The van der Waals surface area contributed by atoms with E-state index in [0.29, 0.717) is 5.56 Å². The summed E-state index contributed by atoms with van der Waals surface area (Å²) >= 11 is 0. The number of sulfone groups is 1. The number of amides is 1. The molecule has 0 unspecified atom stereocenters. The van der Waals surface area contributed by atoms with Gasteiger partial charge in [0.2, 0.25) is 5.91 Å². The van der Waals surface area contributed by atoms with Gasteiger partial charge in [-0.3, -0.25) is 4.79 Å².